The first-order valence-corrected chi connectivity index (χ1v) is 9.85. The van der Waals surface area contributed by atoms with E-state index in [1.807, 2.05) is 7.05 Å². The van der Waals surface area contributed by atoms with Gasteiger partial charge in [-0.25, -0.2) is 8.42 Å². The predicted molar refractivity (Wildman–Crippen MR) is 85.5 cm³/mol. The molecule has 0 saturated heterocycles. The Morgan fingerprint density at radius 3 is 2.45 bits per heavy atom. The average molecular weight is 305 g/mol. The van der Waals surface area contributed by atoms with E-state index in [1.165, 1.54) is 25.5 Å². The van der Waals surface area contributed by atoms with Crippen LogP contribution in [0.5, 0.6) is 0 Å². The number of nitrogens with two attached hydrogens (primary N) is 1. The zero-order valence-electron chi connectivity index (χ0n) is 13.6. The second-order valence-electron chi connectivity index (χ2n) is 6.91. The van der Waals surface area contributed by atoms with E-state index in [2.05, 4.69) is 18.7 Å². The minimum atomic E-state index is -2.91. The molecule has 4 nitrogen and oxygen atoms in total. The Morgan fingerprint density at radius 1 is 1.30 bits per heavy atom. The first-order valence-electron chi connectivity index (χ1n) is 7.79. The van der Waals surface area contributed by atoms with Gasteiger partial charge in [0, 0.05) is 24.9 Å². The molecule has 20 heavy (non-hydrogen) atoms. The van der Waals surface area contributed by atoms with Crippen molar-refractivity contribution in [1.82, 2.24) is 4.90 Å². The quantitative estimate of drug-likeness (QED) is 0.761. The summed E-state index contributed by atoms with van der Waals surface area (Å²) < 4.78 is 22.7. The van der Waals surface area contributed by atoms with Crippen molar-refractivity contribution in [3.8, 4) is 0 Å². The summed E-state index contributed by atoms with van der Waals surface area (Å²) in [6.07, 6.45) is 7.16. The molecule has 2 unspecified atom stereocenters. The van der Waals surface area contributed by atoms with Gasteiger partial charge in [0.15, 0.2) is 0 Å². The number of nitrogens with zero attached hydrogens (tertiary/aromatic N) is 1. The number of rotatable bonds is 6. The maximum absolute atomic E-state index is 11.4. The van der Waals surface area contributed by atoms with E-state index < -0.39 is 9.84 Å². The first kappa shape index (κ1) is 17.9. The molecule has 1 aliphatic rings. The molecule has 2 atom stereocenters. The molecule has 120 valence electrons. The first-order chi connectivity index (χ1) is 9.20. The van der Waals surface area contributed by atoms with Gasteiger partial charge in [0.1, 0.15) is 9.84 Å². The molecule has 1 rings (SSSR count). The Kier molecular flexibility index (Phi) is 6.48. The van der Waals surface area contributed by atoms with Crippen LogP contribution >= 0.6 is 0 Å². The topological polar surface area (TPSA) is 63.4 Å². The fraction of sp³-hybridized carbons (Fsp3) is 1.00. The largest absolute Gasteiger partial charge is 0.329 e. The van der Waals surface area contributed by atoms with Crippen LogP contribution in [-0.4, -0.2) is 51.0 Å². The second kappa shape index (κ2) is 7.23. The van der Waals surface area contributed by atoms with Crippen molar-refractivity contribution >= 4 is 9.84 Å². The van der Waals surface area contributed by atoms with Crippen molar-refractivity contribution in [3.05, 3.63) is 0 Å². The molecule has 0 amide bonds. The minimum Gasteiger partial charge on any atom is -0.329 e. The van der Waals surface area contributed by atoms with E-state index in [1.54, 1.807) is 0 Å². The summed E-state index contributed by atoms with van der Waals surface area (Å²) in [6, 6.07) is 0. The Bertz CT molecular complexity index is 395. The lowest BCUT2D eigenvalue weighted by molar-refractivity contribution is 0.112. The predicted octanol–water partition coefficient (Wildman–Crippen LogP) is 1.90. The normalized spacial score (nSPS) is 28.9. The molecule has 5 heteroatoms. The van der Waals surface area contributed by atoms with Crippen molar-refractivity contribution in [1.29, 1.82) is 0 Å². The monoisotopic (exact) mass is 304 g/mol. The van der Waals surface area contributed by atoms with Crippen LogP contribution in [0.2, 0.25) is 0 Å². The Balaban J connectivity index is 2.71. The Labute approximate surface area is 125 Å². The maximum atomic E-state index is 11.4. The van der Waals surface area contributed by atoms with E-state index in [-0.39, 0.29) is 11.3 Å². The third-order valence-corrected chi connectivity index (χ3v) is 6.05. The Hall–Kier alpha value is -0.130. The van der Waals surface area contributed by atoms with Crippen LogP contribution in [0.15, 0.2) is 0 Å². The van der Waals surface area contributed by atoms with Gasteiger partial charge in [-0.05, 0) is 38.1 Å². The van der Waals surface area contributed by atoms with Crippen LogP contribution < -0.4 is 5.73 Å². The molecule has 0 aliphatic heterocycles. The van der Waals surface area contributed by atoms with E-state index in [0.29, 0.717) is 13.1 Å². The molecule has 0 aromatic heterocycles. The van der Waals surface area contributed by atoms with Crippen LogP contribution in [0, 0.1) is 11.8 Å². The van der Waals surface area contributed by atoms with Crippen LogP contribution in [0.4, 0.5) is 0 Å². The van der Waals surface area contributed by atoms with Crippen molar-refractivity contribution in [2.75, 3.05) is 32.1 Å². The van der Waals surface area contributed by atoms with Crippen molar-refractivity contribution in [3.63, 3.8) is 0 Å². The summed E-state index contributed by atoms with van der Waals surface area (Å²) in [5.74, 6) is 1.73. The number of hydrogen-bond donors (Lipinski definition) is 1. The molecular weight excluding hydrogens is 272 g/mol. The highest BCUT2D eigenvalue weighted by molar-refractivity contribution is 7.90. The smallest absolute Gasteiger partial charge is 0.148 e. The van der Waals surface area contributed by atoms with Crippen LogP contribution in [-0.2, 0) is 9.84 Å². The highest BCUT2D eigenvalue weighted by atomic mass is 32.2. The Morgan fingerprint density at radius 2 is 1.95 bits per heavy atom. The molecule has 1 aliphatic carbocycles. The molecule has 0 spiro atoms. The van der Waals surface area contributed by atoms with Gasteiger partial charge in [0.2, 0.25) is 0 Å². The highest BCUT2D eigenvalue weighted by Crippen LogP contribution is 2.36. The molecular formula is C15H32N2O2S. The molecule has 2 N–H and O–H groups in total. The lowest BCUT2D eigenvalue weighted by Gasteiger charge is -2.41. The van der Waals surface area contributed by atoms with Crippen molar-refractivity contribution in [2.45, 2.75) is 51.5 Å². The lowest BCUT2D eigenvalue weighted by atomic mass is 9.85. The molecule has 0 bridgehead atoms. The molecule has 0 heterocycles. The fourth-order valence-electron chi connectivity index (χ4n) is 3.36. The zero-order chi connectivity index (χ0) is 15.4. The SMILES string of the molecule is CC(C)C1CCCC(CN)(N(C)CCS(C)(=O)=O)CC1. The number of likely N-dealkylation sites (N-methyl/N-ethyl adjacent to an activating group) is 1. The highest BCUT2D eigenvalue weighted by Gasteiger charge is 2.36. The summed E-state index contributed by atoms with van der Waals surface area (Å²) in [5.41, 5.74) is 6.07. The van der Waals surface area contributed by atoms with Crippen molar-refractivity contribution in [2.24, 2.45) is 17.6 Å². The molecule has 0 aromatic carbocycles. The van der Waals surface area contributed by atoms with Gasteiger partial charge in [-0.3, -0.25) is 4.90 Å². The van der Waals surface area contributed by atoms with E-state index in [4.69, 9.17) is 5.73 Å². The van der Waals surface area contributed by atoms with E-state index in [0.717, 1.165) is 24.7 Å². The third-order valence-electron chi connectivity index (χ3n) is 5.13. The van der Waals surface area contributed by atoms with E-state index in [9.17, 15) is 8.42 Å². The van der Waals surface area contributed by atoms with E-state index >= 15 is 0 Å². The van der Waals surface area contributed by atoms with Gasteiger partial charge in [-0.1, -0.05) is 26.7 Å². The molecule has 0 aromatic rings. The second-order valence-corrected chi connectivity index (χ2v) is 9.17. The van der Waals surface area contributed by atoms with Crippen LogP contribution in [0.1, 0.15) is 46.0 Å². The summed E-state index contributed by atoms with van der Waals surface area (Å²) >= 11 is 0. The van der Waals surface area contributed by atoms with Gasteiger partial charge < -0.3 is 5.73 Å². The summed E-state index contributed by atoms with van der Waals surface area (Å²) in [4.78, 5) is 2.21. The molecule has 0 radical (unpaired) electrons. The van der Waals surface area contributed by atoms with Gasteiger partial charge in [-0.2, -0.15) is 0 Å². The van der Waals surface area contributed by atoms with Gasteiger partial charge in [0.05, 0.1) is 5.75 Å². The minimum absolute atomic E-state index is 0.00563. The van der Waals surface area contributed by atoms with Crippen LogP contribution in [0.25, 0.3) is 0 Å². The van der Waals surface area contributed by atoms with Gasteiger partial charge in [0.25, 0.3) is 0 Å². The molecule has 1 saturated carbocycles. The number of hydrogen-bond acceptors (Lipinski definition) is 4. The average Bonchev–Trinajstić information content (AvgIpc) is 2.58. The number of sulfone groups is 1. The maximum Gasteiger partial charge on any atom is 0.148 e. The van der Waals surface area contributed by atoms with Gasteiger partial charge in [-0.15, -0.1) is 0 Å². The van der Waals surface area contributed by atoms with Crippen LogP contribution in [0.3, 0.4) is 0 Å². The fourth-order valence-corrected chi connectivity index (χ4v) is 3.97. The standard InChI is InChI=1S/C15H32N2O2S/c1-13(2)14-6-5-8-15(12-16,9-7-14)17(3)10-11-20(4,18)19/h13-14H,5-12,16H2,1-4H3. The summed E-state index contributed by atoms with van der Waals surface area (Å²) in [7, 11) is -0.873. The molecule has 1 fully saturated rings. The third kappa shape index (κ3) is 5.01. The zero-order valence-corrected chi connectivity index (χ0v) is 14.4. The van der Waals surface area contributed by atoms with Gasteiger partial charge >= 0.3 is 0 Å². The summed E-state index contributed by atoms with van der Waals surface area (Å²) in [6.45, 7) is 5.81. The lowest BCUT2D eigenvalue weighted by Crippen LogP contribution is -2.53. The summed E-state index contributed by atoms with van der Waals surface area (Å²) in [5, 5.41) is 0. The van der Waals surface area contributed by atoms with Crippen molar-refractivity contribution < 1.29 is 8.42 Å².